The summed E-state index contributed by atoms with van der Waals surface area (Å²) in [7, 11) is 0. The minimum Gasteiger partial charge on any atom is -0.258 e. The molecular weight excluding hydrogens is 284 g/mol. The molecule has 0 radical (unpaired) electrons. The van der Waals surface area contributed by atoms with E-state index in [-0.39, 0.29) is 5.69 Å². The van der Waals surface area contributed by atoms with Crippen LogP contribution in [0, 0.1) is 17.0 Å². The summed E-state index contributed by atoms with van der Waals surface area (Å²) in [6.07, 6.45) is 1.82. The largest absolute Gasteiger partial charge is 0.269 e. The van der Waals surface area contributed by atoms with E-state index < -0.39 is 4.92 Å². The smallest absolute Gasteiger partial charge is 0.258 e. The van der Waals surface area contributed by atoms with Gasteiger partial charge in [0.05, 0.1) is 10.6 Å². The van der Waals surface area contributed by atoms with Crippen LogP contribution in [0.2, 0.25) is 0 Å². The minimum absolute atomic E-state index is 0.0759. The Labute approximate surface area is 125 Å². The number of thiophene rings is 1. The number of benzene rings is 2. The molecule has 3 rings (SSSR count). The summed E-state index contributed by atoms with van der Waals surface area (Å²) in [5.41, 5.74) is 1.99. The molecule has 1 heterocycles. The summed E-state index contributed by atoms with van der Waals surface area (Å²) in [5, 5.41) is 11.8. The van der Waals surface area contributed by atoms with Crippen LogP contribution >= 0.6 is 11.3 Å². The highest BCUT2D eigenvalue weighted by molar-refractivity contribution is 7.20. The average Bonchev–Trinajstić information content (AvgIpc) is 2.82. The lowest BCUT2D eigenvalue weighted by Crippen LogP contribution is -1.85. The van der Waals surface area contributed by atoms with Crippen molar-refractivity contribution >= 4 is 39.0 Å². The Bertz CT molecular complexity index is 835. The Morgan fingerprint density at radius 1 is 1.14 bits per heavy atom. The third-order valence-corrected chi connectivity index (χ3v) is 4.48. The Balaban J connectivity index is 1.90. The molecule has 0 bridgehead atoms. The van der Waals surface area contributed by atoms with Crippen LogP contribution in [0.1, 0.15) is 10.4 Å². The lowest BCUT2D eigenvalue weighted by Gasteiger charge is -1.94. The summed E-state index contributed by atoms with van der Waals surface area (Å²) in [6.45, 7) is 2.08. The molecule has 1 aromatic heterocycles. The van der Waals surface area contributed by atoms with Gasteiger partial charge in [-0.05, 0) is 36.1 Å². The molecule has 0 aliphatic heterocycles. The number of non-ortho nitro benzene ring substituents is 1. The number of nitro groups is 1. The molecule has 4 nitrogen and oxygen atoms in total. The van der Waals surface area contributed by atoms with Gasteiger partial charge >= 0.3 is 0 Å². The number of nitro benzene ring substituents is 1. The molecule has 2 aromatic carbocycles. The highest BCUT2D eigenvalue weighted by atomic mass is 32.1. The fourth-order valence-electron chi connectivity index (χ4n) is 2.11. The maximum Gasteiger partial charge on any atom is 0.269 e. The number of hydrogen-bond donors (Lipinski definition) is 0. The van der Waals surface area contributed by atoms with Crippen LogP contribution in [0.15, 0.2) is 53.5 Å². The van der Waals surface area contributed by atoms with Gasteiger partial charge in [-0.2, -0.15) is 0 Å². The first-order chi connectivity index (χ1) is 10.1. The molecule has 0 unspecified atom stereocenters. The summed E-state index contributed by atoms with van der Waals surface area (Å²) in [6, 6.07) is 14.5. The lowest BCUT2D eigenvalue weighted by molar-refractivity contribution is -0.384. The van der Waals surface area contributed by atoms with Crippen molar-refractivity contribution in [3.8, 4) is 0 Å². The molecule has 0 N–H and O–H groups in total. The fourth-order valence-corrected chi connectivity index (χ4v) is 3.19. The van der Waals surface area contributed by atoms with E-state index in [1.54, 1.807) is 23.5 Å². The average molecular weight is 296 g/mol. The number of fused-ring (bicyclic) bond motifs is 1. The normalized spacial score (nSPS) is 11.3. The third-order valence-electron chi connectivity index (χ3n) is 3.27. The fraction of sp³-hybridized carbons (Fsp3) is 0.0625. The minimum atomic E-state index is -0.413. The second-order valence-electron chi connectivity index (χ2n) is 4.62. The summed E-state index contributed by atoms with van der Waals surface area (Å²) in [5.74, 6) is 0. The monoisotopic (exact) mass is 296 g/mol. The van der Waals surface area contributed by atoms with Gasteiger partial charge in [0.2, 0.25) is 0 Å². The van der Waals surface area contributed by atoms with Crippen LogP contribution < -0.4 is 0 Å². The quantitative estimate of drug-likeness (QED) is 0.393. The molecule has 0 saturated heterocycles. The Morgan fingerprint density at radius 2 is 1.86 bits per heavy atom. The van der Waals surface area contributed by atoms with Gasteiger partial charge in [0.1, 0.15) is 0 Å². The van der Waals surface area contributed by atoms with Crippen molar-refractivity contribution in [3.05, 3.63) is 69.1 Å². The van der Waals surface area contributed by atoms with Crippen molar-refractivity contribution in [1.82, 2.24) is 0 Å². The molecule has 0 aliphatic rings. The highest BCUT2D eigenvalue weighted by Gasteiger charge is 2.06. The standard InChI is InChI=1S/C16H12N2O2S/c1-11-14-4-2-3-5-15(14)21-16(11)10-17-12-6-8-13(9-7-12)18(19)20/h2-10H,1H3. The number of aryl methyl sites for hydroxylation is 1. The second kappa shape index (κ2) is 5.46. The SMILES string of the molecule is Cc1c(C=Nc2ccc([N+](=O)[O-])cc2)sc2ccccc12. The highest BCUT2D eigenvalue weighted by Crippen LogP contribution is 2.29. The van der Waals surface area contributed by atoms with Crippen LogP contribution in [0.5, 0.6) is 0 Å². The van der Waals surface area contributed by atoms with Gasteiger partial charge in [0, 0.05) is 27.9 Å². The predicted molar refractivity (Wildman–Crippen MR) is 86.9 cm³/mol. The predicted octanol–water partition coefficient (Wildman–Crippen LogP) is 4.87. The van der Waals surface area contributed by atoms with E-state index in [0.29, 0.717) is 5.69 Å². The van der Waals surface area contributed by atoms with E-state index >= 15 is 0 Å². The van der Waals surface area contributed by atoms with Gasteiger partial charge in [-0.1, -0.05) is 18.2 Å². The molecular formula is C16H12N2O2S. The first-order valence-electron chi connectivity index (χ1n) is 6.42. The molecule has 104 valence electrons. The molecule has 0 amide bonds. The maximum absolute atomic E-state index is 10.6. The van der Waals surface area contributed by atoms with Crippen molar-refractivity contribution in [2.24, 2.45) is 4.99 Å². The van der Waals surface area contributed by atoms with Crippen LogP contribution in [-0.2, 0) is 0 Å². The molecule has 0 fully saturated rings. The Hall–Kier alpha value is -2.53. The van der Waals surface area contributed by atoms with E-state index in [0.717, 1.165) is 4.88 Å². The van der Waals surface area contributed by atoms with Crippen LogP contribution in [0.25, 0.3) is 10.1 Å². The first-order valence-corrected chi connectivity index (χ1v) is 7.23. The summed E-state index contributed by atoms with van der Waals surface area (Å²) in [4.78, 5) is 15.7. The molecule has 0 aliphatic carbocycles. The molecule has 21 heavy (non-hydrogen) atoms. The van der Waals surface area contributed by atoms with Crippen molar-refractivity contribution in [3.63, 3.8) is 0 Å². The zero-order valence-corrected chi connectivity index (χ0v) is 12.1. The van der Waals surface area contributed by atoms with Gasteiger partial charge in [0.25, 0.3) is 5.69 Å². The Kier molecular flexibility index (Phi) is 3.50. The zero-order chi connectivity index (χ0) is 14.8. The Morgan fingerprint density at radius 3 is 2.52 bits per heavy atom. The molecule has 3 aromatic rings. The van der Waals surface area contributed by atoms with E-state index in [4.69, 9.17) is 0 Å². The van der Waals surface area contributed by atoms with Crippen molar-refractivity contribution in [1.29, 1.82) is 0 Å². The van der Waals surface area contributed by atoms with Gasteiger partial charge in [-0.3, -0.25) is 15.1 Å². The van der Waals surface area contributed by atoms with Gasteiger partial charge in [0.15, 0.2) is 0 Å². The summed E-state index contributed by atoms with van der Waals surface area (Å²) < 4.78 is 1.24. The van der Waals surface area contributed by atoms with Gasteiger partial charge in [-0.25, -0.2) is 0 Å². The molecule has 0 spiro atoms. The third kappa shape index (κ3) is 2.68. The topological polar surface area (TPSA) is 55.5 Å². The van der Waals surface area contributed by atoms with E-state index in [1.165, 1.54) is 27.8 Å². The van der Waals surface area contributed by atoms with Gasteiger partial charge in [-0.15, -0.1) is 11.3 Å². The molecule has 5 heteroatoms. The number of rotatable bonds is 3. The zero-order valence-electron chi connectivity index (χ0n) is 11.3. The number of hydrogen-bond acceptors (Lipinski definition) is 4. The van der Waals surface area contributed by atoms with Crippen molar-refractivity contribution in [2.45, 2.75) is 6.92 Å². The van der Waals surface area contributed by atoms with E-state index in [2.05, 4.69) is 24.0 Å². The summed E-state index contributed by atoms with van der Waals surface area (Å²) >= 11 is 1.69. The molecule has 0 atom stereocenters. The maximum atomic E-state index is 10.6. The number of aliphatic imine (C=N–C) groups is 1. The van der Waals surface area contributed by atoms with Crippen LogP contribution in [0.4, 0.5) is 11.4 Å². The first kappa shape index (κ1) is 13.5. The van der Waals surface area contributed by atoms with Crippen molar-refractivity contribution in [2.75, 3.05) is 0 Å². The van der Waals surface area contributed by atoms with Crippen LogP contribution in [-0.4, -0.2) is 11.1 Å². The van der Waals surface area contributed by atoms with E-state index in [9.17, 15) is 10.1 Å². The molecule has 0 saturated carbocycles. The second-order valence-corrected chi connectivity index (χ2v) is 5.70. The van der Waals surface area contributed by atoms with Gasteiger partial charge < -0.3 is 0 Å². The van der Waals surface area contributed by atoms with Crippen molar-refractivity contribution < 1.29 is 4.92 Å². The number of nitrogens with zero attached hydrogens (tertiary/aromatic N) is 2. The van der Waals surface area contributed by atoms with E-state index in [1.807, 2.05) is 18.3 Å². The lowest BCUT2D eigenvalue weighted by atomic mass is 10.1. The van der Waals surface area contributed by atoms with Crippen LogP contribution in [0.3, 0.4) is 0 Å².